The summed E-state index contributed by atoms with van der Waals surface area (Å²) in [4.78, 5) is 2.64. The van der Waals surface area contributed by atoms with Crippen molar-refractivity contribution in [2.45, 2.75) is 58.4 Å². The Labute approximate surface area is 166 Å². The molecule has 146 valence electrons. The minimum Gasteiger partial charge on any atom is -0.314 e. The summed E-state index contributed by atoms with van der Waals surface area (Å²) in [5.74, 6) is 0. The minimum atomic E-state index is 0.164. The molecule has 0 atom stereocenters. The number of nitrogens with zero attached hydrogens (tertiary/aromatic N) is 1. The Balaban J connectivity index is 2.07. The number of hydrogen-bond acceptors (Lipinski definition) is 2. The minimum absolute atomic E-state index is 0.164. The first-order valence-corrected chi connectivity index (χ1v) is 10.3. The lowest BCUT2D eigenvalue weighted by atomic mass is 9.82. The molecule has 27 heavy (non-hydrogen) atoms. The van der Waals surface area contributed by atoms with E-state index < -0.39 is 0 Å². The van der Waals surface area contributed by atoms with Crippen molar-refractivity contribution in [3.8, 4) is 0 Å². The van der Waals surface area contributed by atoms with Crippen molar-refractivity contribution >= 4 is 0 Å². The van der Waals surface area contributed by atoms with Crippen molar-refractivity contribution in [2.75, 3.05) is 26.2 Å². The van der Waals surface area contributed by atoms with Gasteiger partial charge in [0.2, 0.25) is 0 Å². The average molecular weight is 365 g/mol. The fourth-order valence-electron chi connectivity index (χ4n) is 3.90. The first kappa shape index (κ1) is 20.1. The van der Waals surface area contributed by atoms with Crippen molar-refractivity contribution < 1.29 is 0 Å². The smallest absolute Gasteiger partial charge is 0.0602 e. The summed E-state index contributed by atoms with van der Waals surface area (Å²) in [6.45, 7) is 18.1. The molecule has 1 fully saturated rings. The van der Waals surface area contributed by atoms with Crippen LogP contribution in [-0.2, 0) is 10.8 Å². The topological polar surface area (TPSA) is 15.3 Å². The molecule has 2 nitrogen and oxygen atoms in total. The normalized spacial score (nSPS) is 16.7. The van der Waals surface area contributed by atoms with Gasteiger partial charge < -0.3 is 5.32 Å². The molecule has 0 saturated carbocycles. The van der Waals surface area contributed by atoms with E-state index in [2.05, 4.69) is 100 Å². The third-order valence-electron chi connectivity index (χ3n) is 5.65. The summed E-state index contributed by atoms with van der Waals surface area (Å²) in [7, 11) is 0. The molecule has 0 radical (unpaired) electrons. The summed E-state index contributed by atoms with van der Waals surface area (Å²) in [5, 5.41) is 3.50. The van der Waals surface area contributed by atoms with Crippen LogP contribution in [0, 0.1) is 0 Å². The highest BCUT2D eigenvalue weighted by molar-refractivity contribution is 5.39. The molecule has 1 saturated heterocycles. The molecule has 3 rings (SSSR count). The second-order valence-electron chi connectivity index (χ2n) is 9.94. The van der Waals surface area contributed by atoms with Gasteiger partial charge in [0.15, 0.2) is 0 Å². The highest BCUT2D eigenvalue weighted by atomic mass is 15.2. The summed E-state index contributed by atoms with van der Waals surface area (Å²) in [6.07, 6.45) is 0. The molecule has 1 aliphatic heterocycles. The molecule has 1 N–H and O–H groups in total. The fourth-order valence-corrected chi connectivity index (χ4v) is 3.90. The maximum atomic E-state index is 3.50. The highest BCUT2D eigenvalue weighted by Gasteiger charge is 2.26. The van der Waals surface area contributed by atoms with Gasteiger partial charge in [-0.15, -0.1) is 0 Å². The van der Waals surface area contributed by atoms with Crippen LogP contribution in [0.1, 0.15) is 69.8 Å². The van der Waals surface area contributed by atoms with Crippen LogP contribution in [0.2, 0.25) is 0 Å². The van der Waals surface area contributed by atoms with Gasteiger partial charge in [0.1, 0.15) is 0 Å². The van der Waals surface area contributed by atoms with E-state index in [9.17, 15) is 0 Å². The molecule has 2 heteroatoms. The van der Waals surface area contributed by atoms with Gasteiger partial charge in [-0.05, 0) is 33.1 Å². The molecule has 0 aromatic heterocycles. The van der Waals surface area contributed by atoms with E-state index in [0.717, 1.165) is 26.2 Å². The maximum absolute atomic E-state index is 3.50. The Hall–Kier alpha value is -1.64. The van der Waals surface area contributed by atoms with Crippen LogP contribution in [0.5, 0.6) is 0 Å². The quantitative estimate of drug-likeness (QED) is 0.797. The Morgan fingerprint density at radius 3 is 1.59 bits per heavy atom. The number of benzene rings is 2. The number of hydrogen-bond donors (Lipinski definition) is 1. The predicted octanol–water partition coefficient (Wildman–Crippen LogP) is 5.28. The fraction of sp³-hybridized carbons (Fsp3) is 0.520. The SMILES string of the molecule is CC(C)(C)c1cccc(C(c2cccc(C(C)(C)C)c2)N2CCNCC2)c1. The van der Waals surface area contributed by atoms with Gasteiger partial charge in [-0.25, -0.2) is 0 Å². The molecule has 0 spiro atoms. The number of nitrogens with one attached hydrogen (secondary N) is 1. The monoisotopic (exact) mass is 364 g/mol. The number of piperazine rings is 1. The van der Waals surface area contributed by atoms with Crippen molar-refractivity contribution in [1.82, 2.24) is 10.2 Å². The van der Waals surface area contributed by atoms with E-state index in [4.69, 9.17) is 0 Å². The zero-order chi connectivity index (χ0) is 19.7. The standard InChI is InChI=1S/C25H36N2/c1-24(2,3)21-11-7-9-19(17-21)23(27-15-13-26-14-16-27)20-10-8-12-22(18-20)25(4,5)6/h7-12,17-18,23,26H,13-16H2,1-6H3. The van der Waals surface area contributed by atoms with Crippen molar-refractivity contribution in [1.29, 1.82) is 0 Å². The lowest BCUT2D eigenvalue weighted by molar-refractivity contribution is 0.198. The molecule has 1 aliphatic rings. The van der Waals surface area contributed by atoms with Crippen LogP contribution in [0.15, 0.2) is 48.5 Å². The predicted molar refractivity (Wildman–Crippen MR) is 117 cm³/mol. The highest BCUT2D eigenvalue weighted by Crippen LogP contribution is 2.34. The lowest BCUT2D eigenvalue weighted by Crippen LogP contribution is -2.45. The molecule has 0 aliphatic carbocycles. The molecule has 2 aromatic carbocycles. The Morgan fingerprint density at radius 2 is 1.19 bits per heavy atom. The third-order valence-corrected chi connectivity index (χ3v) is 5.65. The lowest BCUT2D eigenvalue weighted by Gasteiger charge is -2.36. The molecular weight excluding hydrogens is 328 g/mol. The van der Waals surface area contributed by atoms with Gasteiger partial charge in [-0.1, -0.05) is 90.1 Å². The molecular formula is C25H36N2. The maximum Gasteiger partial charge on any atom is 0.0602 e. The van der Waals surface area contributed by atoms with E-state index in [1.807, 2.05) is 0 Å². The molecule has 0 amide bonds. The first-order chi connectivity index (χ1) is 12.7. The second kappa shape index (κ2) is 7.77. The van der Waals surface area contributed by atoms with E-state index >= 15 is 0 Å². The van der Waals surface area contributed by atoms with Gasteiger partial charge in [0.25, 0.3) is 0 Å². The first-order valence-electron chi connectivity index (χ1n) is 10.3. The summed E-state index contributed by atoms with van der Waals surface area (Å²) in [5.41, 5.74) is 5.97. The Kier molecular flexibility index (Phi) is 5.79. The van der Waals surface area contributed by atoms with Crippen LogP contribution < -0.4 is 5.32 Å². The molecule has 2 aromatic rings. The molecule has 0 bridgehead atoms. The van der Waals surface area contributed by atoms with E-state index in [1.54, 1.807) is 0 Å². The van der Waals surface area contributed by atoms with Gasteiger partial charge in [0.05, 0.1) is 6.04 Å². The van der Waals surface area contributed by atoms with Gasteiger partial charge >= 0.3 is 0 Å². The van der Waals surface area contributed by atoms with Crippen LogP contribution in [0.3, 0.4) is 0 Å². The Morgan fingerprint density at radius 1 is 0.741 bits per heavy atom. The van der Waals surface area contributed by atoms with E-state index in [0.29, 0.717) is 6.04 Å². The van der Waals surface area contributed by atoms with Crippen LogP contribution in [0.25, 0.3) is 0 Å². The summed E-state index contributed by atoms with van der Waals surface area (Å²) in [6, 6.07) is 18.8. The van der Waals surface area contributed by atoms with E-state index in [-0.39, 0.29) is 10.8 Å². The van der Waals surface area contributed by atoms with Crippen LogP contribution >= 0.6 is 0 Å². The number of rotatable bonds is 3. The van der Waals surface area contributed by atoms with Crippen LogP contribution in [0.4, 0.5) is 0 Å². The van der Waals surface area contributed by atoms with E-state index in [1.165, 1.54) is 22.3 Å². The molecule has 0 unspecified atom stereocenters. The molecule has 1 heterocycles. The zero-order valence-corrected chi connectivity index (χ0v) is 18.0. The second-order valence-corrected chi connectivity index (χ2v) is 9.94. The third kappa shape index (κ3) is 4.80. The Bertz CT molecular complexity index is 701. The summed E-state index contributed by atoms with van der Waals surface area (Å²) >= 11 is 0. The van der Waals surface area contributed by atoms with Gasteiger partial charge in [-0.2, -0.15) is 0 Å². The van der Waals surface area contributed by atoms with Crippen molar-refractivity contribution in [3.05, 3.63) is 70.8 Å². The average Bonchev–Trinajstić information content (AvgIpc) is 2.62. The largest absolute Gasteiger partial charge is 0.314 e. The van der Waals surface area contributed by atoms with Crippen molar-refractivity contribution in [3.63, 3.8) is 0 Å². The van der Waals surface area contributed by atoms with Crippen LogP contribution in [-0.4, -0.2) is 31.1 Å². The van der Waals surface area contributed by atoms with Crippen molar-refractivity contribution in [2.24, 2.45) is 0 Å². The summed E-state index contributed by atoms with van der Waals surface area (Å²) < 4.78 is 0. The van der Waals surface area contributed by atoms with Gasteiger partial charge in [-0.3, -0.25) is 4.90 Å². The van der Waals surface area contributed by atoms with Gasteiger partial charge in [0, 0.05) is 26.2 Å². The zero-order valence-electron chi connectivity index (χ0n) is 18.0.